The van der Waals surface area contributed by atoms with Crippen LogP contribution in [-0.4, -0.2) is 29.9 Å². The number of fused-ring (bicyclic) bond motifs is 1. The highest BCUT2D eigenvalue weighted by molar-refractivity contribution is 7.11. The molecule has 2 aromatic rings. The molecule has 2 heterocycles. The highest BCUT2D eigenvalue weighted by Gasteiger charge is 2.28. The normalized spacial score (nSPS) is 14.7. The van der Waals surface area contributed by atoms with E-state index in [9.17, 15) is 9.59 Å². The van der Waals surface area contributed by atoms with Crippen molar-refractivity contribution in [3.8, 4) is 5.75 Å². The summed E-state index contributed by atoms with van der Waals surface area (Å²) in [4.78, 5) is 31.8. The number of benzene rings is 1. The zero-order valence-electron chi connectivity index (χ0n) is 14.8. The van der Waals surface area contributed by atoms with Gasteiger partial charge in [0.05, 0.1) is 22.4 Å². The first-order chi connectivity index (χ1) is 11.8. The van der Waals surface area contributed by atoms with Crippen molar-refractivity contribution in [3.63, 3.8) is 0 Å². The van der Waals surface area contributed by atoms with Crippen LogP contribution in [0.5, 0.6) is 5.75 Å². The minimum atomic E-state index is -0.222. The maximum absolute atomic E-state index is 12.5. The Hall–Kier alpha value is -2.41. The lowest BCUT2D eigenvalue weighted by atomic mass is 10.1. The first-order valence-corrected chi connectivity index (χ1v) is 8.94. The number of anilines is 1. The fourth-order valence-electron chi connectivity index (χ4n) is 2.93. The highest BCUT2D eigenvalue weighted by atomic mass is 32.1. The number of aryl methyl sites for hydroxylation is 3. The maximum Gasteiger partial charge on any atom is 0.265 e. The van der Waals surface area contributed by atoms with Crippen molar-refractivity contribution in [1.82, 2.24) is 10.3 Å². The third kappa shape index (κ3) is 3.66. The zero-order valence-corrected chi connectivity index (χ0v) is 15.6. The number of ether oxygens (including phenoxy) is 1. The minimum Gasteiger partial charge on any atom is -0.482 e. The van der Waals surface area contributed by atoms with Crippen molar-refractivity contribution in [2.24, 2.45) is 0 Å². The van der Waals surface area contributed by atoms with E-state index in [1.807, 2.05) is 45.9 Å². The number of amides is 2. The number of carbonyl (C=O) groups excluding carboxylic acids is 2. The summed E-state index contributed by atoms with van der Waals surface area (Å²) >= 11 is 1.61. The van der Waals surface area contributed by atoms with E-state index in [0.29, 0.717) is 11.4 Å². The van der Waals surface area contributed by atoms with Gasteiger partial charge in [-0.05, 0) is 45.4 Å². The summed E-state index contributed by atoms with van der Waals surface area (Å²) in [6.07, 6.45) is 0. The van der Waals surface area contributed by atoms with Gasteiger partial charge in [0, 0.05) is 4.88 Å². The summed E-state index contributed by atoms with van der Waals surface area (Å²) in [5.74, 6) is 0.180. The van der Waals surface area contributed by atoms with Gasteiger partial charge in [-0.2, -0.15) is 0 Å². The molecule has 25 heavy (non-hydrogen) atoms. The van der Waals surface area contributed by atoms with Crippen LogP contribution >= 0.6 is 11.3 Å². The molecule has 7 heteroatoms. The summed E-state index contributed by atoms with van der Waals surface area (Å²) < 4.78 is 5.44. The average Bonchev–Trinajstić information content (AvgIpc) is 2.89. The van der Waals surface area contributed by atoms with Crippen LogP contribution < -0.4 is 15.0 Å². The van der Waals surface area contributed by atoms with E-state index in [4.69, 9.17) is 4.74 Å². The van der Waals surface area contributed by atoms with Gasteiger partial charge in [-0.1, -0.05) is 6.07 Å². The third-order valence-corrected chi connectivity index (χ3v) is 4.99. The molecule has 6 nitrogen and oxygen atoms in total. The number of aromatic nitrogens is 1. The summed E-state index contributed by atoms with van der Waals surface area (Å²) in [6, 6.07) is 5.40. The molecular formula is C18H21N3O3S. The molecule has 0 radical (unpaired) electrons. The summed E-state index contributed by atoms with van der Waals surface area (Å²) in [7, 11) is 0. The van der Waals surface area contributed by atoms with E-state index >= 15 is 0 Å². The van der Waals surface area contributed by atoms with Gasteiger partial charge in [-0.25, -0.2) is 4.98 Å². The smallest absolute Gasteiger partial charge is 0.265 e. The number of rotatable bonds is 4. The van der Waals surface area contributed by atoms with Crippen molar-refractivity contribution in [2.75, 3.05) is 18.1 Å². The molecule has 1 aliphatic heterocycles. The molecule has 0 bridgehead atoms. The van der Waals surface area contributed by atoms with E-state index in [0.717, 1.165) is 21.1 Å². The standard InChI is InChI=1S/C18H21N3O3S/c1-10-5-6-15-14(7-10)21(17(23)9-24-15)8-16(22)19-11(2)18-12(3)25-13(4)20-18/h5-7,11H,8-9H2,1-4H3,(H,19,22)/t11-/m0/s1. The predicted molar refractivity (Wildman–Crippen MR) is 97.2 cm³/mol. The lowest BCUT2D eigenvalue weighted by Crippen LogP contribution is -2.45. The Morgan fingerprint density at radius 1 is 1.40 bits per heavy atom. The van der Waals surface area contributed by atoms with Crippen molar-refractivity contribution < 1.29 is 14.3 Å². The second-order valence-electron chi connectivity index (χ2n) is 6.20. The van der Waals surface area contributed by atoms with E-state index in [2.05, 4.69) is 10.3 Å². The van der Waals surface area contributed by atoms with E-state index < -0.39 is 0 Å². The molecule has 132 valence electrons. The van der Waals surface area contributed by atoms with E-state index in [1.54, 1.807) is 11.3 Å². The first-order valence-electron chi connectivity index (χ1n) is 8.12. The minimum absolute atomic E-state index is 0.0366. The zero-order chi connectivity index (χ0) is 18.1. The van der Waals surface area contributed by atoms with Crippen LogP contribution in [-0.2, 0) is 9.59 Å². The van der Waals surface area contributed by atoms with Crippen molar-refractivity contribution >= 4 is 28.8 Å². The molecule has 0 spiro atoms. The molecule has 0 aliphatic carbocycles. The summed E-state index contributed by atoms with van der Waals surface area (Å²) in [5, 5.41) is 3.91. The van der Waals surface area contributed by atoms with E-state index in [-0.39, 0.29) is 31.0 Å². The number of thiazole rings is 1. The van der Waals surface area contributed by atoms with Crippen LogP contribution in [0, 0.1) is 20.8 Å². The second kappa shape index (κ2) is 6.84. The Kier molecular flexibility index (Phi) is 4.76. The Balaban J connectivity index is 1.74. The molecule has 1 aromatic carbocycles. The molecule has 0 unspecified atom stereocenters. The van der Waals surface area contributed by atoms with Gasteiger partial charge in [-0.3, -0.25) is 14.5 Å². The largest absolute Gasteiger partial charge is 0.482 e. The number of hydrogen-bond donors (Lipinski definition) is 1. The molecule has 1 aliphatic rings. The van der Waals surface area contributed by atoms with Crippen molar-refractivity contribution in [1.29, 1.82) is 0 Å². The molecule has 1 N–H and O–H groups in total. The Morgan fingerprint density at radius 2 is 2.16 bits per heavy atom. The molecule has 3 rings (SSSR count). The van der Waals surface area contributed by atoms with Crippen LogP contribution in [0.4, 0.5) is 5.69 Å². The molecule has 0 saturated carbocycles. The maximum atomic E-state index is 12.5. The molecular weight excluding hydrogens is 338 g/mol. The number of carbonyl (C=O) groups is 2. The van der Waals surface area contributed by atoms with Crippen LogP contribution in [0.15, 0.2) is 18.2 Å². The Labute approximate surface area is 150 Å². The van der Waals surface area contributed by atoms with Crippen LogP contribution in [0.3, 0.4) is 0 Å². The molecule has 0 saturated heterocycles. The Morgan fingerprint density at radius 3 is 2.84 bits per heavy atom. The van der Waals surface area contributed by atoms with Crippen LogP contribution in [0.2, 0.25) is 0 Å². The summed E-state index contributed by atoms with van der Waals surface area (Å²) in [5.41, 5.74) is 2.52. The van der Waals surface area contributed by atoms with Gasteiger partial charge in [0.25, 0.3) is 5.91 Å². The second-order valence-corrected chi connectivity index (χ2v) is 7.61. The first kappa shape index (κ1) is 17.4. The quantitative estimate of drug-likeness (QED) is 0.911. The Bertz CT molecular complexity index is 831. The van der Waals surface area contributed by atoms with Crippen molar-refractivity contribution in [2.45, 2.75) is 33.7 Å². The molecule has 2 amide bonds. The van der Waals surface area contributed by atoms with Gasteiger partial charge < -0.3 is 10.1 Å². The van der Waals surface area contributed by atoms with Gasteiger partial charge in [0.2, 0.25) is 5.91 Å². The molecule has 0 fully saturated rings. The average molecular weight is 359 g/mol. The van der Waals surface area contributed by atoms with Gasteiger partial charge >= 0.3 is 0 Å². The van der Waals surface area contributed by atoms with Gasteiger partial charge in [0.1, 0.15) is 12.3 Å². The number of hydrogen-bond acceptors (Lipinski definition) is 5. The lowest BCUT2D eigenvalue weighted by Gasteiger charge is -2.29. The van der Waals surface area contributed by atoms with Gasteiger partial charge in [-0.15, -0.1) is 11.3 Å². The SMILES string of the molecule is Cc1ccc2c(c1)N(CC(=O)N[C@@H](C)c1nc(C)sc1C)C(=O)CO2. The van der Waals surface area contributed by atoms with Crippen LogP contribution in [0.25, 0.3) is 0 Å². The number of nitrogens with one attached hydrogen (secondary N) is 1. The topological polar surface area (TPSA) is 71.5 Å². The monoisotopic (exact) mass is 359 g/mol. The summed E-state index contributed by atoms with van der Waals surface area (Å²) in [6.45, 7) is 7.69. The lowest BCUT2D eigenvalue weighted by molar-refractivity contribution is -0.125. The molecule has 1 atom stereocenters. The van der Waals surface area contributed by atoms with Crippen LogP contribution in [0.1, 0.15) is 34.1 Å². The highest BCUT2D eigenvalue weighted by Crippen LogP contribution is 2.32. The fourth-order valence-corrected chi connectivity index (χ4v) is 3.85. The van der Waals surface area contributed by atoms with Gasteiger partial charge in [0.15, 0.2) is 6.61 Å². The van der Waals surface area contributed by atoms with Crippen molar-refractivity contribution in [3.05, 3.63) is 39.3 Å². The third-order valence-electron chi connectivity index (χ3n) is 4.09. The number of nitrogens with zero attached hydrogens (tertiary/aromatic N) is 2. The fraction of sp³-hybridized carbons (Fsp3) is 0.389. The van der Waals surface area contributed by atoms with E-state index in [1.165, 1.54) is 4.90 Å². The molecule has 1 aromatic heterocycles. The predicted octanol–water partition coefficient (Wildman–Crippen LogP) is 2.67.